The highest BCUT2D eigenvalue weighted by atomic mass is 16.3. The lowest BCUT2D eigenvalue weighted by Crippen LogP contribution is -2.39. The number of aliphatic hydroxyl groups is 1. The molecule has 1 aliphatic rings. The summed E-state index contributed by atoms with van der Waals surface area (Å²) in [6.45, 7) is 0.575. The van der Waals surface area contributed by atoms with Gasteiger partial charge in [0, 0.05) is 6.54 Å². The van der Waals surface area contributed by atoms with Crippen molar-refractivity contribution in [3.05, 3.63) is 35.9 Å². The SMILES string of the molecule is O=C(CNC(=O)C(O)c1ccccc1)NCC1CC1. The third-order valence-electron chi connectivity index (χ3n) is 3.07. The zero-order valence-corrected chi connectivity index (χ0v) is 10.6. The van der Waals surface area contributed by atoms with Crippen LogP contribution in [0.2, 0.25) is 0 Å². The zero-order chi connectivity index (χ0) is 13.7. The Morgan fingerprint density at radius 2 is 1.89 bits per heavy atom. The number of nitrogens with one attached hydrogen (secondary N) is 2. The van der Waals surface area contributed by atoms with E-state index in [2.05, 4.69) is 10.6 Å². The lowest BCUT2D eigenvalue weighted by Gasteiger charge is -2.11. The van der Waals surface area contributed by atoms with Gasteiger partial charge in [0.05, 0.1) is 6.54 Å². The van der Waals surface area contributed by atoms with Gasteiger partial charge >= 0.3 is 0 Å². The lowest BCUT2D eigenvalue weighted by molar-refractivity contribution is -0.132. The van der Waals surface area contributed by atoms with Crippen LogP contribution < -0.4 is 10.6 Å². The highest BCUT2D eigenvalue weighted by Crippen LogP contribution is 2.27. The van der Waals surface area contributed by atoms with E-state index in [1.807, 2.05) is 0 Å². The van der Waals surface area contributed by atoms with Gasteiger partial charge in [-0.1, -0.05) is 30.3 Å². The molecule has 0 heterocycles. The normalized spacial score (nSPS) is 15.6. The number of carbonyl (C=O) groups excluding carboxylic acids is 2. The highest BCUT2D eigenvalue weighted by molar-refractivity contribution is 5.87. The zero-order valence-electron chi connectivity index (χ0n) is 10.6. The average Bonchev–Trinajstić information content (AvgIpc) is 3.26. The van der Waals surface area contributed by atoms with E-state index >= 15 is 0 Å². The second-order valence-electron chi connectivity index (χ2n) is 4.78. The maximum absolute atomic E-state index is 11.7. The lowest BCUT2D eigenvalue weighted by atomic mass is 10.1. The predicted molar refractivity (Wildman–Crippen MR) is 70.1 cm³/mol. The molecule has 19 heavy (non-hydrogen) atoms. The number of hydrogen-bond donors (Lipinski definition) is 3. The minimum absolute atomic E-state index is 0.102. The number of aliphatic hydroxyl groups excluding tert-OH is 1. The molecule has 1 atom stereocenters. The van der Waals surface area contributed by atoms with E-state index in [9.17, 15) is 14.7 Å². The third kappa shape index (κ3) is 4.37. The van der Waals surface area contributed by atoms with Crippen molar-refractivity contribution in [3.8, 4) is 0 Å². The molecule has 0 saturated heterocycles. The fourth-order valence-electron chi connectivity index (χ4n) is 1.69. The van der Waals surface area contributed by atoms with Gasteiger partial charge in [0.1, 0.15) is 0 Å². The van der Waals surface area contributed by atoms with Gasteiger partial charge in [-0.2, -0.15) is 0 Å². The number of hydrogen-bond acceptors (Lipinski definition) is 3. The molecule has 1 aromatic rings. The molecule has 2 rings (SSSR count). The molecule has 5 heteroatoms. The minimum atomic E-state index is -1.24. The third-order valence-corrected chi connectivity index (χ3v) is 3.07. The van der Waals surface area contributed by atoms with E-state index < -0.39 is 12.0 Å². The summed E-state index contributed by atoms with van der Waals surface area (Å²) >= 11 is 0. The van der Waals surface area contributed by atoms with Crippen LogP contribution in [0.25, 0.3) is 0 Å². The molecule has 1 unspecified atom stereocenters. The van der Waals surface area contributed by atoms with Crippen LogP contribution in [0.4, 0.5) is 0 Å². The Labute approximate surface area is 112 Å². The largest absolute Gasteiger partial charge is 0.378 e. The van der Waals surface area contributed by atoms with E-state index in [4.69, 9.17) is 0 Å². The summed E-state index contributed by atoms with van der Waals surface area (Å²) in [7, 11) is 0. The summed E-state index contributed by atoms with van der Waals surface area (Å²) in [5.74, 6) is -0.178. The Bertz CT molecular complexity index is 443. The van der Waals surface area contributed by atoms with Crippen molar-refractivity contribution in [1.29, 1.82) is 0 Å². The van der Waals surface area contributed by atoms with E-state index in [1.165, 1.54) is 12.8 Å². The highest BCUT2D eigenvalue weighted by Gasteiger charge is 2.22. The van der Waals surface area contributed by atoms with Gasteiger partial charge in [0.15, 0.2) is 6.10 Å². The fraction of sp³-hybridized carbons (Fsp3) is 0.429. The van der Waals surface area contributed by atoms with Crippen LogP contribution in [0.15, 0.2) is 30.3 Å². The molecule has 102 valence electrons. The average molecular weight is 262 g/mol. The number of carbonyl (C=O) groups is 2. The maximum atomic E-state index is 11.7. The molecular formula is C14H18N2O3. The molecule has 1 saturated carbocycles. The van der Waals surface area contributed by atoms with Crippen molar-refractivity contribution in [2.75, 3.05) is 13.1 Å². The van der Waals surface area contributed by atoms with Gasteiger partial charge in [-0.25, -0.2) is 0 Å². The summed E-state index contributed by atoms with van der Waals surface area (Å²) in [6.07, 6.45) is 1.09. The van der Waals surface area contributed by atoms with Crippen molar-refractivity contribution < 1.29 is 14.7 Å². The minimum Gasteiger partial charge on any atom is -0.378 e. The summed E-state index contributed by atoms with van der Waals surface area (Å²) in [6, 6.07) is 8.62. The molecule has 0 aromatic heterocycles. The Morgan fingerprint density at radius 3 is 2.53 bits per heavy atom. The standard InChI is InChI=1S/C14H18N2O3/c17-12(15-8-10-6-7-10)9-16-14(19)13(18)11-4-2-1-3-5-11/h1-5,10,13,18H,6-9H2,(H,15,17)(H,16,19). The Hall–Kier alpha value is -1.88. The first kappa shape index (κ1) is 13.5. The van der Waals surface area contributed by atoms with Crippen molar-refractivity contribution in [2.24, 2.45) is 5.92 Å². The first-order chi connectivity index (χ1) is 9.16. The van der Waals surface area contributed by atoms with Crippen LogP contribution in [0.5, 0.6) is 0 Å². The molecule has 2 amide bonds. The van der Waals surface area contributed by atoms with Gasteiger partial charge < -0.3 is 15.7 Å². The molecule has 1 fully saturated rings. The van der Waals surface area contributed by atoms with Gasteiger partial charge in [-0.15, -0.1) is 0 Å². The molecule has 0 bridgehead atoms. The van der Waals surface area contributed by atoms with Gasteiger partial charge in [-0.05, 0) is 24.3 Å². The maximum Gasteiger partial charge on any atom is 0.253 e. The molecule has 0 radical (unpaired) electrons. The Kier molecular flexibility index (Phi) is 4.52. The summed E-state index contributed by atoms with van der Waals surface area (Å²) < 4.78 is 0. The van der Waals surface area contributed by atoms with Crippen molar-refractivity contribution in [3.63, 3.8) is 0 Å². The van der Waals surface area contributed by atoms with Gasteiger partial charge in [0.2, 0.25) is 5.91 Å². The summed E-state index contributed by atoms with van der Waals surface area (Å²) in [4.78, 5) is 23.1. The van der Waals surface area contributed by atoms with Crippen LogP contribution in [-0.2, 0) is 9.59 Å². The first-order valence-corrected chi connectivity index (χ1v) is 6.44. The smallest absolute Gasteiger partial charge is 0.253 e. The second-order valence-corrected chi connectivity index (χ2v) is 4.78. The quantitative estimate of drug-likeness (QED) is 0.692. The van der Waals surface area contributed by atoms with E-state index in [-0.39, 0.29) is 12.5 Å². The molecule has 1 aromatic carbocycles. The van der Waals surface area contributed by atoms with Crippen molar-refractivity contribution in [1.82, 2.24) is 10.6 Å². The van der Waals surface area contributed by atoms with Gasteiger partial charge in [-0.3, -0.25) is 9.59 Å². The van der Waals surface area contributed by atoms with E-state index in [0.717, 1.165) is 0 Å². The molecule has 5 nitrogen and oxygen atoms in total. The molecule has 3 N–H and O–H groups in total. The molecular weight excluding hydrogens is 244 g/mol. The van der Waals surface area contributed by atoms with Crippen molar-refractivity contribution in [2.45, 2.75) is 18.9 Å². The van der Waals surface area contributed by atoms with Crippen LogP contribution in [-0.4, -0.2) is 30.0 Å². The first-order valence-electron chi connectivity index (χ1n) is 6.44. The molecule has 0 aliphatic heterocycles. The Balaban J connectivity index is 1.72. The fourth-order valence-corrected chi connectivity index (χ4v) is 1.69. The molecule has 1 aliphatic carbocycles. The predicted octanol–water partition coefficient (Wildman–Crippen LogP) is 0.362. The number of rotatable bonds is 6. The van der Waals surface area contributed by atoms with Crippen molar-refractivity contribution >= 4 is 11.8 Å². The summed E-state index contributed by atoms with van der Waals surface area (Å²) in [5.41, 5.74) is 0.512. The van der Waals surface area contributed by atoms with Crippen LogP contribution in [0.3, 0.4) is 0 Å². The van der Waals surface area contributed by atoms with Crippen LogP contribution in [0, 0.1) is 5.92 Å². The topological polar surface area (TPSA) is 78.4 Å². The monoisotopic (exact) mass is 262 g/mol. The number of amides is 2. The van der Waals surface area contributed by atoms with Crippen LogP contribution in [0.1, 0.15) is 24.5 Å². The Morgan fingerprint density at radius 1 is 1.21 bits per heavy atom. The number of benzene rings is 1. The second kappa shape index (κ2) is 6.33. The van der Waals surface area contributed by atoms with E-state index in [0.29, 0.717) is 18.0 Å². The van der Waals surface area contributed by atoms with Gasteiger partial charge in [0.25, 0.3) is 5.91 Å². The van der Waals surface area contributed by atoms with Crippen LogP contribution >= 0.6 is 0 Å². The molecule has 0 spiro atoms. The summed E-state index contributed by atoms with van der Waals surface area (Å²) in [5, 5.41) is 15.0. The van der Waals surface area contributed by atoms with E-state index in [1.54, 1.807) is 30.3 Å².